The summed E-state index contributed by atoms with van der Waals surface area (Å²) in [4.78, 5) is 30.1. The van der Waals surface area contributed by atoms with Crippen LogP contribution < -0.4 is 0 Å². The van der Waals surface area contributed by atoms with E-state index in [-0.39, 0.29) is 30.5 Å². The van der Waals surface area contributed by atoms with Gasteiger partial charge in [-0.15, -0.1) is 0 Å². The molecule has 7 heteroatoms. The monoisotopic (exact) mass is 424 g/mol. The fourth-order valence-electron chi connectivity index (χ4n) is 4.71. The summed E-state index contributed by atoms with van der Waals surface area (Å²) in [5.41, 5.74) is 2.37. The van der Waals surface area contributed by atoms with Gasteiger partial charge in [0, 0.05) is 26.2 Å². The third kappa shape index (κ3) is 5.15. The van der Waals surface area contributed by atoms with E-state index in [2.05, 4.69) is 5.10 Å². The molecule has 7 nitrogen and oxygen atoms in total. The van der Waals surface area contributed by atoms with Crippen LogP contribution in [0, 0.1) is 6.92 Å². The molecule has 1 aromatic heterocycles. The Morgan fingerprint density at radius 1 is 1.13 bits per heavy atom. The summed E-state index contributed by atoms with van der Waals surface area (Å²) in [6.45, 7) is 3.34. The minimum absolute atomic E-state index is 0.0185. The van der Waals surface area contributed by atoms with Crippen LogP contribution in [0.4, 0.5) is 0 Å². The smallest absolute Gasteiger partial charge is 0.272 e. The number of aromatic nitrogens is 2. The molecule has 2 aromatic rings. The highest BCUT2D eigenvalue weighted by molar-refractivity contribution is 5.95. The van der Waals surface area contributed by atoms with Gasteiger partial charge >= 0.3 is 0 Å². The van der Waals surface area contributed by atoms with Crippen molar-refractivity contribution < 1.29 is 14.3 Å². The van der Waals surface area contributed by atoms with Crippen LogP contribution in [0.25, 0.3) is 0 Å². The van der Waals surface area contributed by atoms with E-state index in [1.807, 2.05) is 42.2 Å². The normalized spacial score (nSPS) is 20.7. The van der Waals surface area contributed by atoms with Gasteiger partial charge < -0.3 is 14.5 Å². The quantitative estimate of drug-likeness (QED) is 0.740. The van der Waals surface area contributed by atoms with Crippen molar-refractivity contribution in [3.05, 3.63) is 53.3 Å². The lowest BCUT2D eigenvalue weighted by atomic mass is 9.94. The van der Waals surface area contributed by atoms with Gasteiger partial charge in [0.15, 0.2) is 0 Å². The molecule has 2 aliphatic rings. The Hall–Kier alpha value is -2.67. The van der Waals surface area contributed by atoms with Crippen molar-refractivity contribution in [3.63, 3.8) is 0 Å². The topological polar surface area (TPSA) is 67.7 Å². The Morgan fingerprint density at radius 3 is 2.55 bits per heavy atom. The Balaban J connectivity index is 1.54. The van der Waals surface area contributed by atoms with Crippen molar-refractivity contribution >= 4 is 11.8 Å². The maximum atomic E-state index is 13.3. The average molecular weight is 425 g/mol. The van der Waals surface area contributed by atoms with Crippen molar-refractivity contribution in [2.24, 2.45) is 7.05 Å². The van der Waals surface area contributed by atoms with E-state index in [4.69, 9.17) is 4.74 Å². The second kappa shape index (κ2) is 9.64. The molecule has 1 aliphatic heterocycles. The van der Waals surface area contributed by atoms with Crippen LogP contribution in [-0.2, 0) is 23.2 Å². The van der Waals surface area contributed by atoms with Gasteiger partial charge in [-0.25, -0.2) is 0 Å². The number of amides is 2. The molecule has 1 aromatic carbocycles. The summed E-state index contributed by atoms with van der Waals surface area (Å²) < 4.78 is 7.85. The summed E-state index contributed by atoms with van der Waals surface area (Å²) in [6.07, 6.45) is 5.38. The molecule has 1 atom stereocenters. The van der Waals surface area contributed by atoms with Gasteiger partial charge in [-0.05, 0) is 31.4 Å². The molecule has 1 aliphatic carbocycles. The molecule has 0 bridgehead atoms. The van der Waals surface area contributed by atoms with Gasteiger partial charge in [-0.2, -0.15) is 5.10 Å². The van der Waals surface area contributed by atoms with E-state index in [9.17, 15) is 9.59 Å². The molecule has 2 heterocycles. The van der Waals surface area contributed by atoms with Gasteiger partial charge in [0.05, 0.1) is 18.4 Å². The van der Waals surface area contributed by atoms with Crippen molar-refractivity contribution in [1.82, 2.24) is 19.6 Å². The van der Waals surface area contributed by atoms with Gasteiger partial charge in [0.2, 0.25) is 5.91 Å². The Morgan fingerprint density at radius 2 is 1.87 bits per heavy atom. The summed E-state index contributed by atoms with van der Waals surface area (Å²) in [6, 6.07) is 12.0. The largest absolute Gasteiger partial charge is 0.370 e. The number of aryl methyl sites for hydroxylation is 2. The Bertz CT molecular complexity index is 905. The van der Waals surface area contributed by atoms with Crippen molar-refractivity contribution in [2.75, 3.05) is 19.6 Å². The van der Waals surface area contributed by atoms with Crippen LogP contribution in [-0.4, -0.2) is 63.2 Å². The maximum absolute atomic E-state index is 13.3. The lowest BCUT2D eigenvalue weighted by molar-refractivity contribution is -0.134. The first-order valence-electron chi connectivity index (χ1n) is 11.3. The standard InChI is InChI=1S/C24H32N4O3/c1-18-13-22(26(2)25-18)24(30)27-14-21(31-17-19-9-5-3-6-10-19)15-28(23(29)16-27)20-11-7-4-8-12-20/h3,5-6,9-10,13,20-21H,4,7-8,11-12,14-17H2,1-2H3/t21-/m1/s1. The fraction of sp³-hybridized carbons (Fsp3) is 0.542. The number of benzene rings is 1. The van der Waals surface area contributed by atoms with Crippen LogP contribution in [0.15, 0.2) is 36.4 Å². The Labute approximate surface area is 184 Å². The summed E-state index contributed by atoms with van der Waals surface area (Å²) in [5, 5.41) is 4.30. The van der Waals surface area contributed by atoms with E-state index >= 15 is 0 Å². The van der Waals surface area contributed by atoms with Crippen molar-refractivity contribution in [3.8, 4) is 0 Å². The van der Waals surface area contributed by atoms with E-state index in [1.165, 1.54) is 6.42 Å². The second-order valence-electron chi connectivity index (χ2n) is 8.74. The zero-order valence-corrected chi connectivity index (χ0v) is 18.5. The number of carbonyl (C=O) groups is 2. The molecule has 166 valence electrons. The molecular weight excluding hydrogens is 392 g/mol. The van der Waals surface area contributed by atoms with Crippen molar-refractivity contribution in [1.29, 1.82) is 0 Å². The molecule has 0 spiro atoms. The van der Waals surface area contributed by atoms with Gasteiger partial charge in [-0.1, -0.05) is 49.6 Å². The predicted octanol–water partition coefficient (Wildman–Crippen LogP) is 2.93. The molecule has 0 N–H and O–H groups in total. The number of nitrogens with zero attached hydrogens (tertiary/aromatic N) is 4. The molecule has 31 heavy (non-hydrogen) atoms. The first kappa shape index (κ1) is 21.6. The molecule has 2 amide bonds. The predicted molar refractivity (Wildman–Crippen MR) is 117 cm³/mol. The highest BCUT2D eigenvalue weighted by Crippen LogP contribution is 2.25. The van der Waals surface area contributed by atoms with Crippen molar-refractivity contribution in [2.45, 2.75) is 57.8 Å². The number of rotatable bonds is 5. The minimum Gasteiger partial charge on any atom is -0.370 e. The summed E-state index contributed by atoms with van der Waals surface area (Å²) in [5.74, 6) is -0.153. The summed E-state index contributed by atoms with van der Waals surface area (Å²) in [7, 11) is 1.76. The van der Waals surface area contributed by atoms with Gasteiger partial charge in [-0.3, -0.25) is 14.3 Å². The molecule has 0 radical (unpaired) electrons. The van der Waals surface area contributed by atoms with Crippen LogP contribution in [0.3, 0.4) is 0 Å². The average Bonchev–Trinajstić information content (AvgIpc) is 3.03. The molecule has 2 fully saturated rings. The Kier molecular flexibility index (Phi) is 6.70. The van der Waals surface area contributed by atoms with Crippen LogP contribution in [0.2, 0.25) is 0 Å². The highest BCUT2D eigenvalue weighted by Gasteiger charge is 2.35. The SMILES string of the molecule is Cc1cc(C(=O)N2CC(=O)N(C3CCCCC3)C[C@H](OCc3ccccc3)C2)n(C)n1. The fourth-order valence-corrected chi connectivity index (χ4v) is 4.71. The number of carbonyl (C=O) groups excluding carboxylic acids is 2. The number of ether oxygens (including phenoxy) is 1. The third-order valence-electron chi connectivity index (χ3n) is 6.32. The molecule has 0 unspecified atom stereocenters. The second-order valence-corrected chi connectivity index (χ2v) is 8.74. The highest BCUT2D eigenvalue weighted by atomic mass is 16.5. The first-order valence-corrected chi connectivity index (χ1v) is 11.3. The third-order valence-corrected chi connectivity index (χ3v) is 6.32. The molecular formula is C24H32N4O3. The lowest BCUT2D eigenvalue weighted by Crippen LogP contribution is -2.46. The van der Waals surface area contributed by atoms with Gasteiger partial charge in [0.1, 0.15) is 12.2 Å². The van der Waals surface area contributed by atoms with Crippen LogP contribution in [0.1, 0.15) is 53.8 Å². The molecule has 1 saturated carbocycles. The van der Waals surface area contributed by atoms with Crippen LogP contribution in [0.5, 0.6) is 0 Å². The number of hydrogen-bond donors (Lipinski definition) is 0. The molecule has 1 saturated heterocycles. The number of hydrogen-bond acceptors (Lipinski definition) is 4. The zero-order chi connectivity index (χ0) is 21.8. The summed E-state index contributed by atoms with van der Waals surface area (Å²) >= 11 is 0. The van der Waals surface area contributed by atoms with Gasteiger partial charge in [0.25, 0.3) is 5.91 Å². The van der Waals surface area contributed by atoms with E-state index in [0.29, 0.717) is 25.4 Å². The minimum atomic E-state index is -0.230. The van der Waals surface area contributed by atoms with E-state index < -0.39 is 0 Å². The van der Waals surface area contributed by atoms with E-state index in [1.54, 1.807) is 22.7 Å². The molecule has 4 rings (SSSR count). The van der Waals surface area contributed by atoms with Crippen LogP contribution >= 0.6 is 0 Å². The maximum Gasteiger partial charge on any atom is 0.272 e. The first-order chi connectivity index (χ1) is 15.0. The zero-order valence-electron chi connectivity index (χ0n) is 18.5. The lowest BCUT2D eigenvalue weighted by Gasteiger charge is -2.34. The van der Waals surface area contributed by atoms with E-state index in [0.717, 1.165) is 36.9 Å².